The molecule has 0 aromatic heterocycles. The van der Waals surface area contributed by atoms with E-state index in [2.05, 4.69) is 17.5 Å². The van der Waals surface area contributed by atoms with E-state index in [0.717, 1.165) is 12.8 Å². The smallest absolute Gasteiger partial charge is 0.223 e. The Kier molecular flexibility index (Phi) is 5.16. The van der Waals surface area contributed by atoms with Crippen LogP contribution in [0.5, 0.6) is 0 Å². The lowest BCUT2D eigenvalue weighted by Crippen LogP contribution is -2.33. The number of aliphatic hydroxyl groups excluding tert-OH is 1. The molecule has 0 saturated heterocycles. The van der Waals surface area contributed by atoms with E-state index in [1.807, 2.05) is 30.3 Å². The first kappa shape index (κ1) is 13.8. The molecule has 0 radical (unpaired) electrons. The van der Waals surface area contributed by atoms with Crippen molar-refractivity contribution in [3.8, 4) is 0 Å². The summed E-state index contributed by atoms with van der Waals surface area (Å²) < 4.78 is 0. The molecule has 2 N–H and O–H groups in total. The molecule has 1 aromatic rings. The molecule has 102 valence electrons. The second kappa shape index (κ2) is 7.10. The van der Waals surface area contributed by atoms with Crippen LogP contribution in [-0.4, -0.2) is 24.2 Å². The molecule has 1 aromatic carbocycles. The molecule has 0 fully saturated rings. The van der Waals surface area contributed by atoms with E-state index in [1.54, 1.807) is 0 Å². The topological polar surface area (TPSA) is 49.3 Å². The van der Waals surface area contributed by atoms with Crippen molar-refractivity contribution in [1.29, 1.82) is 0 Å². The minimum Gasteiger partial charge on any atom is -0.396 e. The standard InChI is InChI=1S/C16H21NO2/c18-11-10-15(13-6-2-1-3-7-13)12-17-16(19)14-8-4-5-9-14/h1-7,14-15,18H,8-12H2,(H,17,19)/t15-/m1/s1. The predicted octanol–water partition coefficient (Wildman–Crippen LogP) is 2.24. The molecule has 0 aliphatic heterocycles. The van der Waals surface area contributed by atoms with Gasteiger partial charge < -0.3 is 10.4 Å². The zero-order valence-corrected chi connectivity index (χ0v) is 11.1. The maximum absolute atomic E-state index is 12.0. The summed E-state index contributed by atoms with van der Waals surface area (Å²) in [7, 11) is 0. The van der Waals surface area contributed by atoms with Gasteiger partial charge in [-0.15, -0.1) is 0 Å². The highest BCUT2D eigenvalue weighted by molar-refractivity contribution is 5.79. The molecule has 2 rings (SSSR count). The maximum Gasteiger partial charge on any atom is 0.223 e. The summed E-state index contributed by atoms with van der Waals surface area (Å²) >= 11 is 0. The van der Waals surface area contributed by atoms with Crippen molar-refractivity contribution in [1.82, 2.24) is 5.32 Å². The molecule has 3 nitrogen and oxygen atoms in total. The molecule has 0 saturated carbocycles. The Labute approximate surface area is 114 Å². The number of amides is 1. The zero-order chi connectivity index (χ0) is 13.5. The van der Waals surface area contributed by atoms with E-state index >= 15 is 0 Å². The maximum atomic E-state index is 12.0. The third-order valence-electron chi connectivity index (χ3n) is 3.65. The lowest BCUT2D eigenvalue weighted by molar-refractivity contribution is -0.124. The Morgan fingerprint density at radius 2 is 1.95 bits per heavy atom. The van der Waals surface area contributed by atoms with Crippen LogP contribution < -0.4 is 5.32 Å². The molecule has 1 aliphatic carbocycles. The van der Waals surface area contributed by atoms with Crippen molar-refractivity contribution in [2.75, 3.05) is 13.2 Å². The summed E-state index contributed by atoms with van der Waals surface area (Å²) in [5.74, 6) is 0.416. The van der Waals surface area contributed by atoms with Crippen LogP contribution in [0.25, 0.3) is 0 Å². The van der Waals surface area contributed by atoms with Crippen LogP contribution >= 0.6 is 0 Å². The predicted molar refractivity (Wildman–Crippen MR) is 75.8 cm³/mol. The molecule has 0 heterocycles. The van der Waals surface area contributed by atoms with E-state index in [-0.39, 0.29) is 24.3 Å². The van der Waals surface area contributed by atoms with Crippen molar-refractivity contribution >= 4 is 5.91 Å². The van der Waals surface area contributed by atoms with Gasteiger partial charge in [-0.05, 0) is 24.8 Å². The fourth-order valence-electron chi connectivity index (χ4n) is 2.47. The number of rotatable bonds is 6. The number of nitrogens with one attached hydrogen (secondary N) is 1. The molecule has 0 unspecified atom stereocenters. The van der Waals surface area contributed by atoms with Crippen LogP contribution in [0.2, 0.25) is 0 Å². The molecule has 1 atom stereocenters. The van der Waals surface area contributed by atoms with Crippen molar-refractivity contribution < 1.29 is 9.90 Å². The number of hydrogen-bond donors (Lipinski definition) is 2. The Morgan fingerprint density at radius 3 is 2.58 bits per heavy atom. The van der Waals surface area contributed by atoms with E-state index in [9.17, 15) is 4.79 Å². The van der Waals surface area contributed by atoms with Crippen LogP contribution in [0.4, 0.5) is 0 Å². The first-order chi connectivity index (χ1) is 9.31. The average Bonchev–Trinajstić information content (AvgIpc) is 2.98. The van der Waals surface area contributed by atoms with Crippen LogP contribution in [0.3, 0.4) is 0 Å². The minimum absolute atomic E-state index is 0.102. The molecule has 3 heteroatoms. The number of hydrogen-bond acceptors (Lipinski definition) is 2. The highest BCUT2D eigenvalue weighted by Gasteiger charge is 2.20. The monoisotopic (exact) mass is 259 g/mol. The molecule has 0 bridgehead atoms. The van der Waals surface area contributed by atoms with Gasteiger partial charge >= 0.3 is 0 Å². The van der Waals surface area contributed by atoms with Gasteiger partial charge in [-0.25, -0.2) is 0 Å². The van der Waals surface area contributed by atoms with Crippen molar-refractivity contribution in [3.63, 3.8) is 0 Å². The van der Waals surface area contributed by atoms with Gasteiger partial charge in [0.25, 0.3) is 0 Å². The SMILES string of the molecule is O=C(NC[C@@H](CCO)c1ccccc1)C1CC=CC1. The van der Waals surface area contributed by atoms with Crippen LogP contribution in [0, 0.1) is 5.92 Å². The second-order valence-corrected chi connectivity index (χ2v) is 5.00. The van der Waals surface area contributed by atoms with Gasteiger partial charge in [0.2, 0.25) is 5.91 Å². The van der Waals surface area contributed by atoms with Gasteiger partial charge in [0, 0.05) is 25.0 Å². The summed E-state index contributed by atoms with van der Waals surface area (Å²) in [5.41, 5.74) is 1.17. The van der Waals surface area contributed by atoms with Crippen molar-refractivity contribution in [2.24, 2.45) is 5.92 Å². The first-order valence-electron chi connectivity index (χ1n) is 6.89. The largest absolute Gasteiger partial charge is 0.396 e. The fourth-order valence-corrected chi connectivity index (χ4v) is 2.47. The first-order valence-corrected chi connectivity index (χ1v) is 6.89. The summed E-state index contributed by atoms with van der Waals surface area (Å²) in [6.45, 7) is 0.736. The van der Waals surface area contributed by atoms with Gasteiger partial charge in [-0.3, -0.25) is 4.79 Å². The van der Waals surface area contributed by atoms with Gasteiger partial charge in [-0.1, -0.05) is 42.5 Å². The molecule has 0 spiro atoms. The number of allylic oxidation sites excluding steroid dienone is 2. The van der Waals surface area contributed by atoms with Gasteiger partial charge in [-0.2, -0.15) is 0 Å². The van der Waals surface area contributed by atoms with Crippen LogP contribution in [0.15, 0.2) is 42.5 Å². The number of aliphatic hydroxyl groups is 1. The lowest BCUT2D eigenvalue weighted by atomic mass is 9.95. The molecular weight excluding hydrogens is 238 g/mol. The quantitative estimate of drug-likeness (QED) is 0.770. The second-order valence-electron chi connectivity index (χ2n) is 5.00. The number of carbonyl (C=O) groups is 1. The van der Waals surface area contributed by atoms with Crippen LogP contribution in [-0.2, 0) is 4.79 Å². The Morgan fingerprint density at radius 1 is 1.26 bits per heavy atom. The normalized spacial score (nSPS) is 16.5. The highest BCUT2D eigenvalue weighted by atomic mass is 16.3. The van der Waals surface area contributed by atoms with Crippen LogP contribution in [0.1, 0.15) is 30.7 Å². The summed E-state index contributed by atoms with van der Waals surface area (Å²) in [6.07, 6.45) is 6.50. The van der Waals surface area contributed by atoms with Crippen molar-refractivity contribution in [3.05, 3.63) is 48.0 Å². The number of carbonyl (C=O) groups excluding carboxylic acids is 1. The summed E-state index contributed by atoms with van der Waals surface area (Å²) in [4.78, 5) is 12.0. The Hall–Kier alpha value is -1.61. The molecule has 1 aliphatic rings. The zero-order valence-electron chi connectivity index (χ0n) is 11.1. The molecule has 19 heavy (non-hydrogen) atoms. The average molecular weight is 259 g/mol. The fraction of sp³-hybridized carbons (Fsp3) is 0.438. The third kappa shape index (κ3) is 3.93. The third-order valence-corrected chi connectivity index (χ3v) is 3.65. The highest BCUT2D eigenvalue weighted by Crippen LogP contribution is 2.20. The van der Waals surface area contributed by atoms with E-state index in [0.29, 0.717) is 13.0 Å². The lowest BCUT2D eigenvalue weighted by Gasteiger charge is -2.18. The Balaban J connectivity index is 1.88. The summed E-state index contributed by atoms with van der Waals surface area (Å²) in [5, 5.41) is 12.2. The minimum atomic E-state index is 0.102. The van der Waals surface area contributed by atoms with E-state index < -0.39 is 0 Å². The van der Waals surface area contributed by atoms with E-state index in [1.165, 1.54) is 5.56 Å². The van der Waals surface area contributed by atoms with E-state index in [4.69, 9.17) is 5.11 Å². The van der Waals surface area contributed by atoms with Crippen molar-refractivity contribution in [2.45, 2.75) is 25.2 Å². The van der Waals surface area contributed by atoms with Gasteiger partial charge in [0.05, 0.1) is 0 Å². The molecule has 1 amide bonds. The summed E-state index contributed by atoms with van der Waals surface area (Å²) in [6, 6.07) is 10.0. The Bertz CT molecular complexity index is 420. The van der Waals surface area contributed by atoms with Gasteiger partial charge in [0.1, 0.15) is 0 Å². The molecular formula is C16H21NO2. The van der Waals surface area contributed by atoms with Gasteiger partial charge in [0.15, 0.2) is 0 Å². The number of benzene rings is 1.